The van der Waals surface area contributed by atoms with Gasteiger partial charge in [-0.25, -0.2) is 9.59 Å². The Morgan fingerprint density at radius 3 is 2.47 bits per heavy atom. The Morgan fingerprint density at radius 2 is 1.76 bits per heavy atom. The Kier molecular flexibility index (Phi) is 6.28. The molecular weight excluding hydrogens is 483 g/mol. The van der Waals surface area contributed by atoms with Gasteiger partial charge in [-0.2, -0.15) is 10.1 Å². The van der Waals surface area contributed by atoms with Gasteiger partial charge in [-0.05, 0) is 61.5 Å². The number of esters is 1. The number of amides is 1. The molecule has 0 fully saturated rings. The Morgan fingerprint density at radius 1 is 1.06 bits per heavy atom. The van der Waals surface area contributed by atoms with Crippen LogP contribution in [-0.4, -0.2) is 35.8 Å². The summed E-state index contributed by atoms with van der Waals surface area (Å²) < 4.78 is 10.6. The summed E-state index contributed by atoms with van der Waals surface area (Å²) in [5, 5.41) is 15.0. The van der Waals surface area contributed by atoms with E-state index in [4.69, 9.17) is 32.4 Å². The molecule has 0 saturated heterocycles. The Bertz CT molecular complexity index is 1410. The van der Waals surface area contributed by atoms with Crippen molar-refractivity contribution in [3.05, 3.63) is 81.0 Å². The molecule has 2 heterocycles. The Balaban J connectivity index is 1.63. The van der Waals surface area contributed by atoms with E-state index in [1.807, 2.05) is 0 Å². The summed E-state index contributed by atoms with van der Waals surface area (Å²) in [6.07, 6.45) is 1.54. The number of anilines is 1. The number of hydrazone groups is 1. The lowest BCUT2D eigenvalue weighted by Gasteiger charge is -2.12. The highest BCUT2D eigenvalue weighted by Gasteiger charge is 2.30. The zero-order chi connectivity index (χ0) is 24.6. The molecule has 10 heteroatoms. The first-order valence-electron chi connectivity index (χ1n) is 9.82. The summed E-state index contributed by atoms with van der Waals surface area (Å²) in [6, 6.07) is 12.4. The van der Waals surface area contributed by atoms with Gasteiger partial charge in [-0.15, -0.1) is 0 Å². The van der Waals surface area contributed by atoms with Gasteiger partial charge in [0.1, 0.15) is 11.5 Å². The molecule has 1 aliphatic rings. The fraction of sp³-hybridized carbons (Fsp3) is 0.0833. The molecule has 4 rings (SSSR count). The van der Waals surface area contributed by atoms with Crippen LogP contribution in [0.15, 0.2) is 63.6 Å². The number of benzene rings is 2. The second-order valence-electron chi connectivity index (χ2n) is 7.22. The normalized spacial score (nSPS) is 14.5. The maximum atomic E-state index is 13.0. The quantitative estimate of drug-likeness (QED) is 0.365. The van der Waals surface area contributed by atoms with E-state index in [1.165, 1.54) is 31.4 Å². The first kappa shape index (κ1) is 23.3. The molecule has 0 radical (unpaired) electrons. The molecule has 0 saturated carbocycles. The highest BCUT2D eigenvalue weighted by molar-refractivity contribution is 6.35. The number of hydrogen-bond acceptors (Lipinski definition) is 6. The molecule has 1 N–H and O–H groups in total. The van der Waals surface area contributed by atoms with Crippen molar-refractivity contribution in [1.29, 1.82) is 0 Å². The molecule has 8 nitrogen and oxygen atoms in total. The van der Waals surface area contributed by atoms with Gasteiger partial charge in [0.2, 0.25) is 0 Å². The van der Waals surface area contributed by atoms with E-state index in [0.717, 1.165) is 5.01 Å². The number of rotatable bonds is 5. The van der Waals surface area contributed by atoms with Crippen LogP contribution in [0.5, 0.6) is 0 Å². The van der Waals surface area contributed by atoms with E-state index in [-0.39, 0.29) is 32.4 Å². The zero-order valence-electron chi connectivity index (χ0n) is 17.8. The second-order valence-corrected chi connectivity index (χ2v) is 8.03. The van der Waals surface area contributed by atoms with Crippen molar-refractivity contribution < 1.29 is 28.6 Å². The number of carboxylic acid groups (broad SMARTS) is 1. The number of ether oxygens (including phenoxy) is 1. The van der Waals surface area contributed by atoms with E-state index in [0.29, 0.717) is 22.8 Å². The van der Waals surface area contributed by atoms with Crippen LogP contribution < -0.4 is 5.01 Å². The molecular formula is C24H16Cl2N2O6. The molecule has 0 spiro atoms. The van der Waals surface area contributed by atoms with Gasteiger partial charge in [0.15, 0.2) is 0 Å². The van der Waals surface area contributed by atoms with Gasteiger partial charge in [-0.3, -0.25) is 4.79 Å². The summed E-state index contributed by atoms with van der Waals surface area (Å²) in [7, 11) is 1.26. The molecule has 172 valence electrons. The van der Waals surface area contributed by atoms with Crippen molar-refractivity contribution in [3.63, 3.8) is 0 Å². The summed E-state index contributed by atoms with van der Waals surface area (Å²) >= 11 is 12.0. The monoisotopic (exact) mass is 498 g/mol. The Labute approximate surface area is 203 Å². The summed E-state index contributed by atoms with van der Waals surface area (Å²) in [6.45, 7) is 1.66. The van der Waals surface area contributed by atoms with Gasteiger partial charge in [0.05, 0.1) is 45.3 Å². The summed E-state index contributed by atoms with van der Waals surface area (Å²) in [5.74, 6) is -1.40. The third-order valence-corrected chi connectivity index (χ3v) is 5.72. The smallest absolute Gasteiger partial charge is 0.339 e. The van der Waals surface area contributed by atoms with Crippen molar-refractivity contribution in [2.75, 3.05) is 12.1 Å². The van der Waals surface area contributed by atoms with E-state index >= 15 is 0 Å². The molecule has 2 aromatic carbocycles. The summed E-state index contributed by atoms with van der Waals surface area (Å²) in [4.78, 5) is 36.3. The predicted molar refractivity (Wildman–Crippen MR) is 127 cm³/mol. The molecule has 0 bridgehead atoms. The fourth-order valence-electron chi connectivity index (χ4n) is 3.34. The van der Waals surface area contributed by atoms with E-state index < -0.39 is 17.8 Å². The topological polar surface area (TPSA) is 109 Å². The van der Waals surface area contributed by atoms with Crippen LogP contribution in [0.1, 0.15) is 33.4 Å². The number of carbonyl (C=O) groups excluding carboxylic acids is 2. The molecule has 1 aromatic heterocycles. The number of furan rings is 1. The van der Waals surface area contributed by atoms with Crippen LogP contribution in [0.25, 0.3) is 17.4 Å². The van der Waals surface area contributed by atoms with Crippen LogP contribution >= 0.6 is 23.2 Å². The average Bonchev–Trinajstić information content (AvgIpc) is 3.39. The minimum Gasteiger partial charge on any atom is -0.478 e. The predicted octanol–water partition coefficient (Wildman–Crippen LogP) is 5.54. The van der Waals surface area contributed by atoms with Crippen LogP contribution in [0.4, 0.5) is 5.69 Å². The lowest BCUT2D eigenvalue weighted by atomic mass is 10.1. The average molecular weight is 499 g/mol. The Hall–Kier alpha value is -3.88. The number of aromatic carboxylic acids is 1. The molecule has 1 amide bonds. The minimum atomic E-state index is -1.21. The summed E-state index contributed by atoms with van der Waals surface area (Å²) in [5.41, 5.74) is 1.63. The first-order chi connectivity index (χ1) is 16.2. The number of carboxylic acids is 1. The zero-order valence-corrected chi connectivity index (χ0v) is 19.3. The molecule has 0 atom stereocenters. The molecule has 0 aliphatic carbocycles. The van der Waals surface area contributed by atoms with Crippen molar-refractivity contribution in [3.8, 4) is 11.3 Å². The second kappa shape index (κ2) is 9.17. The largest absolute Gasteiger partial charge is 0.478 e. The SMILES string of the molecule is COC(=O)c1cc(-c2ccc(/C=C3/C(=O)N(c4ccc(Cl)c(C(=O)O)c4)N=C3C)o2)ccc1Cl. The van der Waals surface area contributed by atoms with Crippen molar-refractivity contribution in [1.82, 2.24) is 0 Å². The number of methoxy groups -OCH3 is 1. The standard InChI is InChI=1S/C24H16Cl2N2O6/c1-12-16(22(29)28(27-12)14-4-7-19(25)17(10-14)23(30)31)11-15-5-8-21(34-15)13-3-6-20(26)18(9-13)24(32)33-2/h3-11H,1-2H3,(H,30,31)/b16-11+. The maximum absolute atomic E-state index is 13.0. The van der Waals surface area contributed by atoms with Crippen LogP contribution in [-0.2, 0) is 9.53 Å². The van der Waals surface area contributed by atoms with Crippen molar-refractivity contribution >= 4 is 58.5 Å². The van der Waals surface area contributed by atoms with Crippen LogP contribution in [0.3, 0.4) is 0 Å². The molecule has 0 unspecified atom stereocenters. The van der Waals surface area contributed by atoms with Gasteiger partial charge >= 0.3 is 11.9 Å². The molecule has 34 heavy (non-hydrogen) atoms. The maximum Gasteiger partial charge on any atom is 0.339 e. The third kappa shape index (κ3) is 4.33. The molecule has 3 aromatic rings. The van der Waals surface area contributed by atoms with Crippen LogP contribution in [0.2, 0.25) is 10.0 Å². The number of hydrogen-bond donors (Lipinski definition) is 1. The minimum absolute atomic E-state index is 0.0556. The molecule has 1 aliphatic heterocycles. The van der Waals surface area contributed by atoms with E-state index in [2.05, 4.69) is 5.10 Å². The van der Waals surface area contributed by atoms with Gasteiger partial charge in [0, 0.05) is 5.56 Å². The van der Waals surface area contributed by atoms with E-state index in [1.54, 1.807) is 37.3 Å². The number of nitrogens with zero attached hydrogens (tertiary/aromatic N) is 2. The van der Waals surface area contributed by atoms with Crippen molar-refractivity contribution in [2.45, 2.75) is 6.92 Å². The van der Waals surface area contributed by atoms with E-state index in [9.17, 15) is 19.5 Å². The van der Waals surface area contributed by atoms with Gasteiger partial charge < -0.3 is 14.3 Å². The number of halogens is 2. The van der Waals surface area contributed by atoms with Crippen molar-refractivity contribution in [2.24, 2.45) is 5.10 Å². The third-order valence-electron chi connectivity index (χ3n) is 5.06. The highest BCUT2D eigenvalue weighted by atomic mass is 35.5. The lowest BCUT2D eigenvalue weighted by Crippen LogP contribution is -2.21. The van der Waals surface area contributed by atoms with Gasteiger partial charge in [-0.1, -0.05) is 23.2 Å². The highest BCUT2D eigenvalue weighted by Crippen LogP contribution is 2.31. The number of carbonyl (C=O) groups is 3. The fourth-order valence-corrected chi connectivity index (χ4v) is 3.73. The van der Waals surface area contributed by atoms with Crippen LogP contribution in [0, 0.1) is 0 Å². The first-order valence-corrected chi connectivity index (χ1v) is 10.6. The van der Waals surface area contributed by atoms with Gasteiger partial charge in [0.25, 0.3) is 5.91 Å². The lowest BCUT2D eigenvalue weighted by molar-refractivity contribution is -0.114.